The molecule has 0 atom stereocenters. The summed E-state index contributed by atoms with van der Waals surface area (Å²) in [5.41, 5.74) is 5.26. The van der Waals surface area contributed by atoms with Crippen LogP contribution in [0.15, 0.2) is 36.4 Å². The van der Waals surface area contributed by atoms with E-state index in [0.717, 1.165) is 10.2 Å². The van der Waals surface area contributed by atoms with Crippen molar-refractivity contribution in [3.05, 3.63) is 58.7 Å². The van der Waals surface area contributed by atoms with Gasteiger partial charge >= 0.3 is 0 Å². The molecule has 0 bridgehead atoms. The van der Waals surface area contributed by atoms with E-state index in [1.54, 1.807) is 0 Å². The number of nitrogens with one attached hydrogen (secondary N) is 1. The lowest BCUT2D eigenvalue weighted by Gasteiger charge is -2.18. The van der Waals surface area contributed by atoms with Crippen molar-refractivity contribution in [2.45, 2.75) is 40.0 Å². The third-order valence-corrected chi connectivity index (χ3v) is 5.18. The molecule has 3 rings (SSSR count). The second-order valence-electron chi connectivity index (χ2n) is 7.23. The zero-order chi connectivity index (χ0) is 17.5. The number of hydrogen-bond acceptors (Lipinski definition) is 3. The van der Waals surface area contributed by atoms with Crippen molar-refractivity contribution in [2.75, 3.05) is 5.32 Å². The average Bonchev–Trinajstić information content (AvgIpc) is 2.89. The van der Waals surface area contributed by atoms with Crippen LogP contribution in [0.1, 0.15) is 47.8 Å². The van der Waals surface area contributed by atoms with E-state index in [0.29, 0.717) is 10.7 Å². The largest absolute Gasteiger partial charge is 0.298 e. The zero-order valence-electron chi connectivity index (χ0n) is 14.7. The van der Waals surface area contributed by atoms with Gasteiger partial charge in [-0.05, 0) is 54.2 Å². The smallest absolute Gasteiger partial charge is 0.257 e. The highest BCUT2D eigenvalue weighted by molar-refractivity contribution is 7.22. The van der Waals surface area contributed by atoms with E-state index in [4.69, 9.17) is 0 Å². The molecule has 0 aliphatic rings. The quantitative estimate of drug-likeness (QED) is 0.674. The Morgan fingerprint density at radius 2 is 1.75 bits per heavy atom. The number of aromatic nitrogens is 1. The molecule has 0 saturated heterocycles. The lowest BCUT2D eigenvalue weighted by molar-refractivity contribution is 0.102. The van der Waals surface area contributed by atoms with Crippen molar-refractivity contribution in [3.63, 3.8) is 0 Å². The molecule has 0 spiro atoms. The third-order valence-electron chi connectivity index (χ3n) is 4.05. The summed E-state index contributed by atoms with van der Waals surface area (Å²) in [5, 5.41) is 3.56. The summed E-state index contributed by atoms with van der Waals surface area (Å²) in [6.45, 7) is 10.6. The minimum absolute atomic E-state index is 0.0808. The molecule has 3 aromatic rings. The zero-order valence-corrected chi connectivity index (χ0v) is 15.5. The number of rotatable bonds is 2. The van der Waals surface area contributed by atoms with E-state index in [1.165, 1.54) is 28.0 Å². The lowest BCUT2D eigenvalue weighted by atomic mass is 9.87. The molecule has 0 fully saturated rings. The van der Waals surface area contributed by atoms with Crippen molar-refractivity contribution in [1.29, 1.82) is 0 Å². The Balaban J connectivity index is 1.83. The molecule has 1 amide bonds. The van der Waals surface area contributed by atoms with Gasteiger partial charge in [-0.25, -0.2) is 4.98 Å². The summed E-state index contributed by atoms with van der Waals surface area (Å²) in [6.07, 6.45) is 0. The molecular formula is C20H22N2OS. The van der Waals surface area contributed by atoms with Crippen molar-refractivity contribution in [1.82, 2.24) is 4.98 Å². The first kappa shape index (κ1) is 16.7. The van der Waals surface area contributed by atoms with Gasteiger partial charge in [-0.2, -0.15) is 0 Å². The van der Waals surface area contributed by atoms with Crippen molar-refractivity contribution >= 4 is 32.6 Å². The van der Waals surface area contributed by atoms with Gasteiger partial charge in [-0.3, -0.25) is 10.1 Å². The van der Waals surface area contributed by atoms with Crippen LogP contribution in [0, 0.1) is 13.8 Å². The molecule has 4 heteroatoms. The molecule has 0 aliphatic carbocycles. The topological polar surface area (TPSA) is 42.0 Å². The first-order valence-corrected chi connectivity index (χ1v) is 8.85. The standard InChI is InChI=1S/C20H22N2OS/c1-12-10-13(2)17-16(11-12)21-19(24-17)22-18(23)14-6-8-15(9-7-14)20(3,4)5/h6-11H,1-5H3,(H,21,22,23). The molecule has 1 aromatic heterocycles. The maximum absolute atomic E-state index is 12.5. The van der Waals surface area contributed by atoms with Crippen LogP contribution < -0.4 is 5.32 Å². The molecule has 0 radical (unpaired) electrons. The Hall–Kier alpha value is -2.20. The predicted octanol–water partition coefficient (Wildman–Crippen LogP) is 5.46. The number of anilines is 1. The van der Waals surface area contributed by atoms with Crippen molar-refractivity contribution in [3.8, 4) is 0 Å². The van der Waals surface area contributed by atoms with E-state index in [2.05, 4.69) is 51.0 Å². The molecule has 1 N–H and O–H groups in total. The number of aryl methyl sites for hydroxylation is 2. The van der Waals surface area contributed by atoms with E-state index >= 15 is 0 Å². The monoisotopic (exact) mass is 338 g/mol. The molecule has 1 heterocycles. The van der Waals surface area contributed by atoms with Crippen LogP contribution in [-0.2, 0) is 5.41 Å². The van der Waals surface area contributed by atoms with Crippen molar-refractivity contribution < 1.29 is 4.79 Å². The van der Waals surface area contributed by atoms with Crippen LogP contribution in [-0.4, -0.2) is 10.9 Å². The number of thiazole rings is 1. The Bertz CT molecular complexity index is 902. The molecule has 124 valence electrons. The van der Waals surface area contributed by atoms with Gasteiger partial charge in [0.1, 0.15) is 0 Å². The minimum Gasteiger partial charge on any atom is -0.298 e. The van der Waals surface area contributed by atoms with Gasteiger partial charge in [0.15, 0.2) is 5.13 Å². The fourth-order valence-corrected chi connectivity index (χ4v) is 3.63. The lowest BCUT2D eigenvalue weighted by Crippen LogP contribution is -2.14. The van der Waals surface area contributed by atoms with Crippen LogP contribution in [0.3, 0.4) is 0 Å². The number of amides is 1. The van der Waals surface area contributed by atoms with Gasteiger partial charge < -0.3 is 0 Å². The predicted molar refractivity (Wildman–Crippen MR) is 102 cm³/mol. The second kappa shape index (κ2) is 6.02. The number of fused-ring (bicyclic) bond motifs is 1. The highest BCUT2D eigenvalue weighted by atomic mass is 32.1. The minimum atomic E-state index is -0.121. The molecular weight excluding hydrogens is 316 g/mol. The summed E-state index contributed by atoms with van der Waals surface area (Å²) in [5.74, 6) is -0.121. The Kier molecular flexibility index (Phi) is 4.18. The third kappa shape index (κ3) is 3.34. The average molecular weight is 338 g/mol. The summed E-state index contributed by atoms with van der Waals surface area (Å²) in [7, 11) is 0. The molecule has 0 unspecified atom stereocenters. The van der Waals surface area contributed by atoms with E-state index in [1.807, 2.05) is 30.3 Å². The fourth-order valence-electron chi connectivity index (χ4n) is 2.72. The first-order valence-electron chi connectivity index (χ1n) is 8.04. The van der Waals surface area contributed by atoms with Gasteiger partial charge in [0, 0.05) is 5.56 Å². The highest BCUT2D eigenvalue weighted by Gasteiger charge is 2.15. The summed E-state index contributed by atoms with van der Waals surface area (Å²) in [6, 6.07) is 12.0. The number of hydrogen-bond donors (Lipinski definition) is 1. The van der Waals surface area contributed by atoms with E-state index in [9.17, 15) is 4.79 Å². The SMILES string of the molecule is Cc1cc(C)c2sc(NC(=O)c3ccc(C(C)(C)C)cc3)nc2c1. The second-order valence-corrected chi connectivity index (χ2v) is 8.23. The van der Waals surface area contributed by atoms with E-state index in [-0.39, 0.29) is 11.3 Å². The van der Waals surface area contributed by atoms with Gasteiger partial charge in [-0.15, -0.1) is 0 Å². The maximum Gasteiger partial charge on any atom is 0.257 e. The number of nitrogens with zero attached hydrogens (tertiary/aromatic N) is 1. The first-order chi connectivity index (χ1) is 11.2. The summed E-state index contributed by atoms with van der Waals surface area (Å²) >= 11 is 1.52. The van der Waals surface area contributed by atoms with Crippen LogP contribution in [0.5, 0.6) is 0 Å². The van der Waals surface area contributed by atoms with Gasteiger partial charge in [0.25, 0.3) is 5.91 Å². The Labute approximate surface area is 146 Å². The van der Waals surface area contributed by atoms with Gasteiger partial charge in [0.2, 0.25) is 0 Å². The number of carbonyl (C=O) groups is 1. The van der Waals surface area contributed by atoms with Crippen LogP contribution >= 0.6 is 11.3 Å². The Morgan fingerprint density at radius 1 is 1.08 bits per heavy atom. The van der Waals surface area contributed by atoms with Crippen molar-refractivity contribution in [2.24, 2.45) is 0 Å². The van der Waals surface area contributed by atoms with Gasteiger partial charge in [-0.1, -0.05) is 50.3 Å². The maximum atomic E-state index is 12.5. The highest BCUT2D eigenvalue weighted by Crippen LogP contribution is 2.30. The number of benzene rings is 2. The Morgan fingerprint density at radius 3 is 2.38 bits per heavy atom. The molecule has 2 aromatic carbocycles. The molecule has 0 saturated carbocycles. The molecule has 24 heavy (non-hydrogen) atoms. The van der Waals surface area contributed by atoms with Crippen LogP contribution in [0.2, 0.25) is 0 Å². The van der Waals surface area contributed by atoms with Crippen LogP contribution in [0.25, 0.3) is 10.2 Å². The van der Waals surface area contributed by atoms with E-state index < -0.39 is 0 Å². The summed E-state index contributed by atoms with van der Waals surface area (Å²) < 4.78 is 1.12. The normalized spacial score (nSPS) is 11.7. The molecule has 3 nitrogen and oxygen atoms in total. The van der Waals surface area contributed by atoms with Gasteiger partial charge in [0.05, 0.1) is 10.2 Å². The fraction of sp³-hybridized carbons (Fsp3) is 0.300. The molecule has 0 aliphatic heterocycles. The number of carbonyl (C=O) groups excluding carboxylic acids is 1. The van der Waals surface area contributed by atoms with Crippen LogP contribution in [0.4, 0.5) is 5.13 Å². The summed E-state index contributed by atoms with van der Waals surface area (Å²) in [4.78, 5) is 17.0.